The molecule has 0 spiro atoms. The molecule has 0 bridgehead atoms. The van der Waals surface area contributed by atoms with Gasteiger partial charge in [-0.25, -0.2) is 4.79 Å². The number of hydrogen-bond donors (Lipinski definition) is 0. The normalized spacial score (nSPS) is 11.6. The number of isocyanates is 1. The molecule has 0 N–H and O–H groups in total. The van der Waals surface area contributed by atoms with Crippen LogP contribution in [0.1, 0.15) is 17.3 Å². The molecule has 2 rings (SSSR count). The zero-order valence-electron chi connectivity index (χ0n) is 9.58. The molecular weight excluding hydrogens is 248 g/mol. The summed E-state index contributed by atoms with van der Waals surface area (Å²) >= 11 is 5.94. The Bertz CT molecular complexity index is 565. The van der Waals surface area contributed by atoms with Crippen molar-refractivity contribution in [2.75, 3.05) is 0 Å². The van der Waals surface area contributed by atoms with E-state index < -0.39 is 0 Å². The second kappa shape index (κ2) is 6.10. The standard InChI is InChI=1S/C14H11ClN2O/c15-12-5-3-4-11(8-12)14(17-10-18)9-13-6-1-2-7-16-13/h1-8,14H,9H2. The maximum atomic E-state index is 10.5. The van der Waals surface area contributed by atoms with Crippen LogP contribution in [0.4, 0.5) is 0 Å². The van der Waals surface area contributed by atoms with Crippen LogP contribution in [0.3, 0.4) is 0 Å². The SMILES string of the molecule is O=C=NC(Cc1ccccn1)c1cccc(Cl)c1. The zero-order valence-corrected chi connectivity index (χ0v) is 10.3. The summed E-state index contributed by atoms with van der Waals surface area (Å²) < 4.78 is 0. The van der Waals surface area contributed by atoms with Gasteiger partial charge < -0.3 is 0 Å². The van der Waals surface area contributed by atoms with Gasteiger partial charge in [0.1, 0.15) is 0 Å². The first kappa shape index (κ1) is 12.5. The molecule has 1 atom stereocenters. The lowest BCUT2D eigenvalue weighted by Gasteiger charge is -2.10. The Kier molecular flexibility index (Phi) is 4.24. The van der Waals surface area contributed by atoms with E-state index in [1.807, 2.05) is 30.3 Å². The first-order chi connectivity index (χ1) is 8.79. The zero-order chi connectivity index (χ0) is 12.8. The van der Waals surface area contributed by atoms with Gasteiger partial charge in [-0.3, -0.25) is 4.98 Å². The number of rotatable bonds is 4. The molecule has 0 saturated heterocycles. The lowest BCUT2D eigenvalue weighted by molar-refractivity contribution is 0.556. The van der Waals surface area contributed by atoms with E-state index in [9.17, 15) is 4.79 Å². The van der Waals surface area contributed by atoms with Crippen molar-refractivity contribution in [3.63, 3.8) is 0 Å². The fraction of sp³-hybridized carbons (Fsp3) is 0.143. The number of pyridine rings is 1. The first-order valence-electron chi connectivity index (χ1n) is 5.52. The van der Waals surface area contributed by atoms with E-state index in [4.69, 9.17) is 11.6 Å². The van der Waals surface area contributed by atoms with E-state index in [1.165, 1.54) is 0 Å². The molecule has 1 aromatic heterocycles. The van der Waals surface area contributed by atoms with Crippen LogP contribution in [-0.2, 0) is 11.2 Å². The third-order valence-corrected chi connectivity index (χ3v) is 2.81. The number of aliphatic imine (C=N–C) groups is 1. The van der Waals surface area contributed by atoms with Crippen molar-refractivity contribution in [1.29, 1.82) is 0 Å². The summed E-state index contributed by atoms with van der Waals surface area (Å²) in [6.45, 7) is 0. The van der Waals surface area contributed by atoms with E-state index >= 15 is 0 Å². The Balaban J connectivity index is 2.26. The number of aromatic nitrogens is 1. The molecule has 0 saturated carbocycles. The van der Waals surface area contributed by atoms with Crippen molar-refractivity contribution >= 4 is 17.7 Å². The molecule has 0 aliphatic carbocycles. The summed E-state index contributed by atoms with van der Waals surface area (Å²) in [5.41, 5.74) is 1.76. The Labute approximate surface area is 110 Å². The maximum Gasteiger partial charge on any atom is 0.235 e. The van der Waals surface area contributed by atoms with Gasteiger partial charge in [0.15, 0.2) is 0 Å². The maximum absolute atomic E-state index is 10.5. The molecule has 2 aromatic rings. The second-order valence-electron chi connectivity index (χ2n) is 3.82. The van der Waals surface area contributed by atoms with Crippen LogP contribution in [0, 0.1) is 0 Å². The topological polar surface area (TPSA) is 42.3 Å². The highest BCUT2D eigenvalue weighted by Crippen LogP contribution is 2.23. The second-order valence-corrected chi connectivity index (χ2v) is 4.25. The molecule has 4 heteroatoms. The minimum atomic E-state index is -0.295. The number of nitrogens with zero attached hydrogens (tertiary/aromatic N) is 2. The van der Waals surface area contributed by atoms with Crippen molar-refractivity contribution in [1.82, 2.24) is 4.98 Å². The van der Waals surface area contributed by atoms with Gasteiger partial charge in [-0.2, -0.15) is 4.99 Å². The molecule has 1 heterocycles. The van der Waals surface area contributed by atoms with Crippen LogP contribution in [0.5, 0.6) is 0 Å². The van der Waals surface area contributed by atoms with Crippen LogP contribution >= 0.6 is 11.6 Å². The number of halogens is 1. The van der Waals surface area contributed by atoms with Crippen molar-refractivity contribution < 1.29 is 4.79 Å². The molecule has 18 heavy (non-hydrogen) atoms. The summed E-state index contributed by atoms with van der Waals surface area (Å²) in [6.07, 6.45) is 3.88. The quantitative estimate of drug-likeness (QED) is 0.623. The summed E-state index contributed by atoms with van der Waals surface area (Å²) in [6, 6.07) is 12.7. The van der Waals surface area contributed by atoms with Crippen molar-refractivity contribution in [2.24, 2.45) is 4.99 Å². The van der Waals surface area contributed by atoms with Gasteiger partial charge in [0.05, 0.1) is 6.04 Å². The first-order valence-corrected chi connectivity index (χ1v) is 5.90. The smallest absolute Gasteiger partial charge is 0.235 e. The molecule has 0 aliphatic heterocycles. The molecule has 1 unspecified atom stereocenters. The summed E-state index contributed by atoms with van der Waals surface area (Å²) in [7, 11) is 0. The molecule has 0 fully saturated rings. The van der Waals surface area contributed by atoms with Crippen molar-refractivity contribution in [3.8, 4) is 0 Å². The minimum Gasteiger partial charge on any atom is -0.261 e. The van der Waals surface area contributed by atoms with Crippen LogP contribution in [0.2, 0.25) is 5.02 Å². The molecule has 0 aliphatic rings. The largest absolute Gasteiger partial charge is 0.261 e. The fourth-order valence-electron chi connectivity index (χ4n) is 1.73. The number of hydrogen-bond acceptors (Lipinski definition) is 3. The average Bonchev–Trinajstić information content (AvgIpc) is 2.39. The monoisotopic (exact) mass is 258 g/mol. The molecule has 1 aromatic carbocycles. The van der Waals surface area contributed by atoms with Crippen molar-refractivity contribution in [2.45, 2.75) is 12.5 Å². The summed E-state index contributed by atoms with van der Waals surface area (Å²) in [5.74, 6) is 0. The Morgan fingerprint density at radius 2 is 2.17 bits per heavy atom. The molecule has 0 radical (unpaired) electrons. The lowest BCUT2D eigenvalue weighted by atomic mass is 10.0. The highest BCUT2D eigenvalue weighted by atomic mass is 35.5. The van der Waals surface area contributed by atoms with Gasteiger partial charge in [0.25, 0.3) is 0 Å². The van der Waals surface area contributed by atoms with Crippen LogP contribution in [0.25, 0.3) is 0 Å². The number of carbonyl (C=O) groups excluding carboxylic acids is 1. The van der Waals surface area contributed by atoms with Gasteiger partial charge in [0.2, 0.25) is 6.08 Å². The minimum absolute atomic E-state index is 0.295. The highest BCUT2D eigenvalue weighted by molar-refractivity contribution is 6.30. The van der Waals surface area contributed by atoms with Gasteiger partial charge in [-0.15, -0.1) is 0 Å². The fourth-order valence-corrected chi connectivity index (χ4v) is 1.93. The number of benzene rings is 1. The predicted molar refractivity (Wildman–Crippen MR) is 70.3 cm³/mol. The van der Waals surface area contributed by atoms with E-state index in [0.717, 1.165) is 11.3 Å². The van der Waals surface area contributed by atoms with Crippen molar-refractivity contribution in [3.05, 3.63) is 64.9 Å². The third-order valence-electron chi connectivity index (χ3n) is 2.57. The highest BCUT2D eigenvalue weighted by Gasteiger charge is 2.12. The molecule has 0 amide bonds. The molecule has 90 valence electrons. The average molecular weight is 259 g/mol. The van der Waals surface area contributed by atoms with Gasteiger partial charge in [-0.1, -0.05) is 29.8 Å². The predicted octanol–water partition coefficient (Wildman–Crippen LogP) is 3.35. The summed E-state index contributed by atoms with van der Waals surface area (Å²) in [4.78, 5) is 18.6. The van der Waals surface area contributed by atoms with E-state index in [0.29, 0.717) is 11.4 Å². The Morgan fingerprint density at radius 3 is 2.83 bits per heavy atom. The van der Waals surface area contributed by atoms with E-state index in [2.05, 4.69) is 9.98 Å². The van der Waals surface area contributed by atoms with Gasteiger partial charge >= 0.3 is 0 Å². The Morgan fingerprint density at radius 1 is 1.28 bits per heavy atom. The summed E-state index contributed by atoms with van der Waals surface area (Å²) in [5, 5.41) is 0.625. The van der Waals surface area contributed by atoms with Gasteiger partial charge in [0, 0.05) is 23.3 Å². The Hall–Kier alpha value is -1.96. The molecular formula is C14H11ClN2O. The van der Waals surface area contributed by atoms with E-state index in [1.54, 1.807) is 24.4 Å². The van der Waals surface area contributed by atoms with Crippen LogP contribution in [-0.4, -0.2) is 11.1 Å². The van der Waals surface area contributed by atoms with Gasteiger partial charge in [-0.05, 0) is 29.8 Å². The van der Waals surface area contributed by atoms with Crippen LogP contribution in [0.15, 0.2) is 53.7 Å². The van der Waals surface area contributed by atoms with E-state index in [-0.39, 0.29) is 6.04 Å². The molecule has 3 nitrogen and oxygen atoms in total. The third kappa shape index (κ3) is 3.27. The van der Waals surface area contributed by atoms with Crippen LogP contribution < -0.4 is 0 Å². The lowest BCUT2D eigenvalue weighted by Crippen LogP contribution is -2.01.